The smallest absolute Gasteiger partial charge is 0.407 e. The van der Waals surface area contributed by atoms with E-state index in [9.17, 15) is 9.59 Å². The lowest BCUT2D eigenvalue weighted by Crippen LogP contribution is -2.29. The number of nitrogens with one attached hydrogen (secondary N) is 2. The number of aromatic carboxylic acids is 1. The number of carbonyl (C=O) groups excluding carboxylic acids is 1. The van der Waals surface area contributed by atoms with Gasteiger partial charge in [-0.2, -0.15) is 0 Å². The van der Waals surface area contributed by atoms with E-state index in [-0.39, 0.29) is 18.2 Å². The summed E-state index contributed by atoms with van der Waals surface area (Å²) < 4.78 is 5.48. The lowest BCUT2D eigenvalue weighted by atomic mass is 9.98. The van der Waals surface area contributed by atoms with Crippen molar-refractivity contribution in [2.24, 2.45) is 0 Å². The minimum absolute atomic E-state index is 0.0179. The molecular formula is C21H19N3O4. The zero-order valence-electron chi connectivity index (χ0n) is 15.2. The van der Waals surface area contributed by atoms with Gasteiger partial charge in [0.1, 0.15) is 18.1 Å². The summed E-state index contributed by atoms with van der Waals surface area (Å²) >= 11 is 0. The van der Waals surface area contributed by atoms with Crippen LogP contribution >= 0.6 is 0 Å². The molecule has 0 radical (unpaired) electrons. The Labute approximate surface area is 161 Å². The Bertz CT molecular complexity index is 998. The monoisotopic (exact) mass is 377 g/mol. The van der Waals surface area contributed by atoms with E-state index in [1.165, 1.54) is 6.20 Å². The summed E-state index contributed by atoms with van der Waals surface area (Å²) in [6.45, 7) is 1.91. The first-order valence-electron chi connectivity index (χ1n) is 8.94. The number of rotatable bonds is 5. The Morgan fingerprint density at radius 3 is 2.32 bits per heavy atom. The van der Waals surface area contributed by atoms with Crippen LogP contribution in [-0.4, -0.2) is 33.7 Å². The van der Waals surface area contributed by atoms with Gasteiger partial charge in [0.25, 0.3) is 0 Å². The minimum Gasteiger partial charge on any atom is -0.477 e. The van der Waals surface area contributed by atoms with Crippen molar-refractivity contribution < 1.29 is 19.4 Å². The van der Waals surface area contributed by atoms with Gasteiger partial charge in [-0.15, -0.1) is 0 Å². The van der Waals surface area contributed by atoms with Crippen LogP contribution in [0.3, 0.4) is 0 Å². The van der Waals surface area contributed by atoms with Crippen LogP contribution in [0.4, 0.5) is 4.79 Å². The van der Waals surface area contributed by atoms with Crippen molar-refractivity contribution in [3.63, 3.8) is 0 Å². The summed E-state index contributed by atoms with van der Waals surface area (Å²) in [6.07, 6.45) is 0.635. The molecule has 1 aliphatic carbocycles. The third-order valence-corrected chi connectivity index (χ3v) is 4.91. The van der Waals surface area contributed by atoms with Crippen LogP contribution in [-0.2, 0) is 4.74 Å². The predicted molar refractivity (Wildman–Crippen MR) is 102 cm³/mol. The molecule has 0 aliphatic heterocycles. The van der Waals surface area contributed by atoms with E-state index in [0.717, 1.165) is 22.3 Å². The molecule has 4 rings (SSSR count). The van der Waals surface area contributed by atoms with Gasteiger partial charge in [-0.05, 0) is 29.2 Å². The van der Waals surface area contributed by atoms with Crippen molar-refractivity contribution in [3.05, 3.63) is 77.4 Å². The van der Waals surface area contributed by atoms with Crippen LogP contribution in [0.15, 0.2) is 54.7 Å². The lowest BCUT2D eigenvalue weighted by Gasteiger charge is -2.16. The van der Waals surface area contributed by atoms with Crippen molar-refractivity contribution in [2.75, 3.05) is 6.61 Å². The normalized spacial score (nSPS) is 13.5. The molecule has 0 saturated carbocycles. The van der Waals surface area contributed by atoms with Gasteiger partial charge in [0.2, 0.25) is 0 Å². The standard InChI is InChI=1S/C21H19N3O4/c1-12(19-22-10-18(24-19)20(25)26)23-21(27)28-11-17-15-8-4-2-6-13(15)14-7-3-5-9-16(14)17/h2-10,12,17H,11H2,1H3,(H,22,24)(H,23,27)(H,25,26)/t12-/m0/s1. The molecule has 142 valence electrons. The molecule has 7 heteroatoms. The van der Waals surface area contributed by atoms with Crippen LogP contribution < -0.4 is 5.32 Å². The van der Waals surface area contributed by atoms with E-state index in [4.69, 9.17) is 9.84 Å². The number of carbonyl (C=O) groups is 2. The number of fused-ring (bicyclic) bond motifs is 3. The highest BCUT2D eigenvalue weighted by molar-refractivity contribution is 5.85. The van der Waals surface area contributed by atoms with Gasteiger partial charge < -0.3 is 20.1 Å². The number of nitrogens with zero attached hydrogens (tertiary/aromatic N) is 1. The Morgan fingerprint density at radius 1 is 1.14 bits per heavy atom. The quantitative estimate of drug-likeness (QED) is 0.629. The molecule has 0 unspecified atom stereocenters. The van der Waals surface area contributed by atoms with Crippen molar-refractivity contribution in [2.45, 2.75) is 18.9 Å². The van der Waals surface area contributed by atoms with Gasteiger partial charge >= 0.3 is 12.1 Å². The first-order chi connectivity index (χ1) is 13.5. The van der Waals surface area contributed by atoms with Crippen molar-refractivity contribution >= 4 is 12.1 Å². The molecule has 2 aromatic carbocycles. The summed E-state index contributed by atoms with van der Waals surface area (Å²) in [5, 5.41) is 11.6. The van der Waals surface area contributed by atoms with E-state index in [1.807, 2.05) is 24.3 Å². The molecule has 28 heavy (non-hydrogen) atoms. The highest BCUT2D eigenvalue weighted by atomic mass is 16.5. The number of alkyl carbamates (subject to hydrolysis) is 1. The van der Waals surface area contributed by atoms with Crippen molar-refractivity contribution in [3.8, 4) is 11.1 Å². The maximum atomic E-state index is 12.3. The van der Waals surface area contributed by atoms with Gasteiger partial charge in [-0.1, -0.05) is 48.5 Å². The molecule has 1 aliphatic rings. The molecule has 0 fully saturated rings. The number of hydrogen-bond donors (Lipinski definition) is 3. The van der Waals surface area contributed by atoms with Gasteiger partial charge in [0, 0.05) is 5.92 Å². The molecule has 3 N–H and O–H groups in total. The molecule has 7 nitrogen and oxygen atoms in total. The summed E-state index contributed by atoms with van der Waals surface area (Å²) in [5.41, 5.74) is 4.58. The lowest BCUT2D eigenvalue weighted by molar-refractivity contribution is 0.0691. The number of amides is 1. The Kier molecular flexibility index (Phi) is 4.57. The van der Waals surface area contributed by atoms with E-state index in [2.05, 4.69) is 39.6 Å². The highest BCUT2D eigenvalue weighted by Crippen LogP contribution is 2.44. The highest BCUT2D eigenvalue weighted by Gasteiger charge is 2.29. The number of H-pyrrole nitrogens is 1. The Balaban J connectivity index is 1.43. The number of benzene rings is 2. The van der Waals surface area contributed by atoms with E-state index >= 15 is 0 Å². The van der Waals surface area contributed by atoms with Gasteiger partial charge in [0.15, 0.2) is 0 Å². The second kappa shape index (κ2) is 7.19. The number of carboxylic acids is 1. The van der Waals surface area contributed by atoms with Crippen LogP contribution in [0.25, 0.3) is 11.1 Å². The van der Waals surface area contributed by atoms with Crippen LogP contribution in [0.2, 0.25) is 0 Å². The molecule has 3 aromatic rings. The fourth-order valence-electron chi connectivity index (χ4n) is 3.55. The maximum Gasteiger partial charge on any atom is 0.407 e. The first kappa shape index (κ1) is 17.8. The second-order valence-electron chi connectivity index (χ2n) is 6.68. The number of carboxylic acid groups (broad SMARTS) is 1. The molecule has 1 heterocycles. The zero-order valence-corrected chi connectivity index (χ0v) is 15.2. The average molecular weight is 377 g/mol. The number of aromatic amines is 1. The molecule has 1 atom stereocenters. The number of imidazole rings is 1. The van der Waals surface area contributed by atoms with Crippen molar-refractivity contribution in [1.29, 1.82) is 0 Å². The zero-order chi connectivity index (χ0) is 19.7. The fourth-order valence-corrected chi connectivity index (χ4v) is 3.55. The van der Waals surface area contributed by atoms with Crippen LogP contribution in [0.5, 0.6) is 0 Å². The average Bonchev–Trinajstić information content (AvgIpc) is 3.30. The largest absolute Gasteiger partial charge is 0.477 e. The summed E-state index contributed by atoms with van der Waals surface area (Å²) in [7, 11) is 0. The van der Waals surface area contributed by atoms with E-state index < -0.39 is 18.1 Å². The van der Waals surface area contributed by atoms with Crippen molar-refractivity contribution in [1.82, 2.24) is 15.3 Å². The summed E-state index contributed by atoms with van der Waals surface area (Å²) in [4.78, 5) is 29.8. The molecule has 0 saturated heterocycles. The second-order valence-corrected chi connectivity index (χ2v) is 6.68. The molecule has 0 spiro atoms. The summed E-state index contributed by atoms with van der Waals surface area (Å²) in [6, 6.07) is 15.7. The molecule has 1 aromatic heterocycles. The van der Waals surface area contributed by atoms with Crippen LogP contribution in [0, 0.1) is 0 Å². The van der Waals surface area contributed by atoms with Gasteiger partial charge in [-0.3, -0.25) is 0 Å². The fraction of sp³-hybridized carbons (Fsp3) is 0.190. The maximum absolute atomic E-state index is 12.3. The van der Waals surface area contributed by atoms with Gasteiger partial charge in [0.05, 0.1) is 12.2 Å². The van der Waals surface area contributed by atoms with Crippen LogP contribution in [0.1, 0.15) is 46.3 Å². The molecular weight excluding hydrogens is 358 g/mol. The number of ether oxygens (including phenoxy) is 1. The third-order valence-electron chi connectivity index (χ3n) is 4.91. The minimum atomic E-state index is -1.10. The first-order valence-corrected chi connectivity index (χ1v) is 8.94. The predicted octanol–water partition coefficient (Wildman–Crippen LogP) is 3.71. The third kappa shape index (κ3) is 3.22. The SMILES string of the molecule is C[C@H](NC(=O)OCC1c2ccccc2-c2ccccc21)c1ncc(C(=O)O)[nH]1. The molecule has 1 amide bonds. The summed E-state index contributed by atoms with van der Waals surface area (Å²) in [5.74, 6) is -0.770. The van der Waals surface area contributed by atoms with E-state index in [1.54, 1.807) is 6.92 Å². The molecule has 0 bridgehead atoms. The Hall–Kier alpha value is -3.61. The Morgan fingerprint density at radius 2 is 1.75 bits per heavy atom. The number of hydrogen-bond acceptors (Lipinski definition) is 4. The number of aromatic nitrogens is 2. The van der Waals surface area contributed by atoms with E-state index in [0.29, 0.717) is 5.82 Å². The topological polar surface area (TPSA) is 104 Å². The van der Waals surface area contributed by atoms with Gasteiger partial charge in [-0.25, -0.2) is 14.6 Å².